The van der Waals surface area contributed by atoms with Crippen LogP contribution in [0.15, 0.2) is 12.1 Å². The van der Waals surface area contributed by atoms with Gasteiger partial charge in [-0.15, -0.1) is 0 Å². The minimum Gasteiger partial charge on any atom is -0.388 e. The molecule has 1 aliphatic carbocycles. The van der Waals surface area contributed by atoms with E-state index in [0.29, 0.717) is 5.92 Å². The van der Waals surface area contributed by atoms with Gasteiger partial charge in [0, 0.05) is 0 Å². The van der Waals surface area contributed by atoms with Crippen molar-refractivity contribution in [2.24, 2.45) is 5.92 Å². The van der Waals surface area contributed by atoms with Crippen LogP contribution in [0.4, 0.5) is 4.39 Å². The fourth-order valence-corrected chi connectivity index (χ4v) is 3.07. The monoisotopic (exact) mass is 236 g/mol. The number of aliphatic hydroxyl groups excluding tert-OH is 1. The van der Waals surface area contributed by atoms with Gasteiger partial charge in [0.25, 0.3) is 0 Å². The van der Waals surface area contributed by atoms with Crippen LogP contribution in [-0.4, -0.2) is 5.11 Å². The lowest BCUT2D eigenvalue weighted by Crippen LogP contribution is -2.18. The molecule has 1 saturated carbocycles. The Kier molecular flexibility index (Phi) is 3.82. The molecule has 1 aromatic rings. The summed E-state index contributed by atoms with van der Waals surface area (Å²) >= 11 is 0. The molecular formula is C15H21FO. The molecule has 94 valence electrons. The molecule has 0 heterocycles. The minimum absolute atomic E-state index is 0.209. The van der Waals surface area contributed by atoms with Crippen molar-refractivity contribution in [3.63, 3.8) is 0 Å². The van der Waals surface area contributed by atoms with Crippen LogP contribution < -0.4 is 0 Å². The molecule has 17 heavy (non-hydrogen) atoms. The summed E-state index contributed by atoms with van der Waals surface area (Å²) in [5.41, 5.74) is 2.69. The fraction of sp³-hybridized carbons (Fsp3) is 0.600. The largest absolute Gasteiger partial charge is 0.388 e. The SMILES string of the molecule is Cc1cc(F)cc(C)c1C(O)C1CCCCC1. The quantitative estimate of drug-likeness (QED) is 0.821. The van der Waals surface area contributed by atoms with Crippen LogP contribution in [-0.2, 0) is 0 Å². The van der Waals surface area contributed by atoms with Crippen LogP contribution in [0, 0.1) is 25.6 Å². The molecule has 0 spiro atoms. The molecule has 2 heteroatoms. The highest BCUT2D eigenvalue weighted by Gasteiger charge is 2.25. The molecule has 1 atom stereocenters. The minimum atomic E-state index is -0.420. The number of aryl methyl sites for hydroxylation is 2. The summed E-state index contributed by atoms with van der Waals surface area (Å²) in [5, 5.41) is 10.5. The average Bonchev–Trinajstić information content (AvgIpc) is 2.28. The van der Waals surface area contributed by atoms with Gasteiger partial charge in [-0.25, -0.2) is 4.39 Å². The zero-order valence-corrected chi connectivity index (χ0v) is 10.7. The van der Waals surface area contributed by atoms with Gasteiger partial charge in [-0.1, -0.05) is 19.3 Å². The molecular weight excluding hydrogens is 215 g/mol. The third-order valence-corrected chi connectivity index (χ3v) is 3.95. The molecule has 0 saturated heterocycles. The summed E-state index contributed by atoms with van der Waals surface area (Å²) in [7, 11) is 0. The maximum Gasteiger partial charge on any atom is 0.123 e. The highest BCUT2D eigenvalue weighted by atomic mass is 19.1. The number of halogens is 1. The van der Waals surface area contributed by atoms with E-state index >= 15 is 0 Å². The molecule has 1 fully saturated rings. The van der Waals surface area contributed by atoms with E-state index in [4.69, 9.17) is 0 Å². The first-order chi connectivity index (χ1) is 8.09. The van der Waals surface area contributed by atoms with E-state index in [2.05, 4.69) is 0 Å². The Balaban J connectivity index is 2.26. The van der Waals surface area contributed by atoms with Crippen LogP contribution in [0.2, 0.25) is 0 Å². The van der Waals surface area contributed by atoms with Crippen molar-refractivity contribution < 1.29 is 9.50 Å². The molecule has 1 unspecified atom stereocenters. The van der Waals surface area contributed by atoms with E-state index < -0.39 is 6.10 Å². The van der Waals surface area contributed by atoms with Gasteiger partial charge in [-0.05, 0) is 61.4 Å². The van der Waals surface area contributed by atoms with Gasteiger partial charge in [0.1, 0.15) is 5.82 Å². The highest BCUT2D eigenvalue weighted by molar-refractivity contribution is 5.36. The van der Waals surface area contributed by atoms with Gasteiger partial charge < -0.3 is 5.11 Å². The van der Waals surface area contributed by atoms with Gasteiger partial charge in [0.15, 0.2) is 0 Å². The summed E-state index contributed by atoms with van der Waals surface area (Å²) in [6.45, 7) is 3.77. The second-order valence-electron chi connectivity index (χ2n) is 5.30. The van der Waals surface area contributed by atoms with E-state index in [1.165, 1.54) is 31.4 Å². The predicted octanol–water partition coefficient (Wildman–Crippen LogP) is 4.06. The van der Waals surface area contributed by atoms with Crippen LogP contribution in [0.25, 0.3) is 0 Å². The maximum absolute atomic E-state index is 13.2. The lowest BCUT2D eigenvalue weighted by Gasteiger charge is -2.28. The van der Waals surface area contributed by atoms with Gasteiger partial charge >= 0.3 is 0 Å². The Morgan fingerprint density at radius 1 is 1.12 bits per heavy atom. The average molecular weight is 236 g/mol. The Morgan fingerprint density at radius 3 is 2.18 bits per heavy atom. The smallest absolute Gasteiger partial charge is 0.123 e. The lowest BCUT2D eigenvalue weighted by molar-refractivity contribution is 0.0837. The van der Waals surface area contributed by atoms with Gasteiger partial charge in [0.2, 0.25) is 0 Å². The third kappa shape index (κ3) is 2.68. The molecule has 0 bridgehead atoms. The van der Waals surface area contributed by atoms with Crippen LogP contribution in [0.1, 0.15) is 54.9 Å². The second-order valence-corrected chi connectivity index (χ2v) is 5.30. The molecule has 0 radical (unpaired) electrons. The highest BCUT2D eigenvalue weighted by Crippen LogP contribution is 2.36. The van der Waals surface area contributed by atoms with Crippen molar-refractivity contribution in [1.82, 2.24) is 0 Å². The normalized spacial score (nSPS) is 19.3. The Hall–Kier alpha value is -0.890. The van der Waals surface area contributed by atoms with E-state index in [-0.39, 0.29) is 5.82 Å². The predicted molar refractivity (Wildman–Crippen MR) is 67.4 cm³/mol. The van der Waals surface area contributed by atoms with E-state index in [1.807, 2.05) is 13.8 Å². The van der Waals surface area contributed by atoms with Gasteiger partial charge in [-0.3, -0.25) is 0 Å². The van der Waals surface area contributed by atoms with Crippen molar-refractivity contribution in [3.05, 3.63) is 34.6 Å². The van der Waals surface area contributed by atoms with Crippen molar-refractivity contribution in [2.75, 3.05) is 0 Å². The Morgan fingerprint density at radius 2 is 1.65 bits per heavy atom. The number of rotatable bonds is 2. The topological polar surface area (TPSA) is 20.2 Å². The van der Waals surface area contributed by atoms with Crippen LogP contribution >= 0.6 is 0 Å². The van der Waals surface area contributed by atoms with Crippen molar-refractivity contribution in [2.45, 2.75) is 52.1 Å². The zero-order chi connectivity index (χ0) is 12.4. The molecule has 1 aromatic carbocycles. The summed E-state index contributed by atoms with van der Waals surface area (Å²) in [6, 6.07) is 3.04. The Bertz CT molecular complexity index is 371. The van der Waals surface area contributed by atoms with Crippen molar-refractivity contribution >= 4 is 0 Å². The van der Waals surface area contributed by atoms with Crippen molar-refractivity contribution in [3.8, 4) is 0 Å². The molecule has 1 N–H and O–H groups in total. The first-order valence-electron chi connectivity index (χ1n) is 6.54. The summed E-state index contributed by atoms with van der Waals surface area (Å²) in [4.78, 5) is 0. The summed E-state index contributed by atoms with van der Waals surface area (Å²) in [5.74, 6) is 0.145. The number of benzene rings is 1. The molecule has 1 aliphatic rings. The molecule has 0 aliphatic heterocycles. The third-order valence-electron chi connectivity index (χ3n) is 3.95. The number of hydrogen-bond acceptors (Lipinski definition) is 1. The Labute approximate surface area is 103 Å². The summed E-state index contributed by atoms with van der Waals surface area (Å²) in [6.07, 6.45) is 5.47. The van der Waals surface area contributed by atoms with E-state index in [9.17, 15) is 9.50 Å². The fourth-order valence-electron chi connectivity index (χ4n) is 3.07. The summed E-state index contributed by atoms with van der Waals surface area (Å²) < 4.78 is 13.2. The lowest BCUT2D eigenvalue weighted by atomic mass is 9.80. The standard InChI is InChI=1S/C15H21FO/c1-10-8-13(16)9-11(2)14(10)15(17)12-6-4-3-5-7-12/h8-9,12,15,17H,3-7H2,1-2H3. The molecule has 0 aromatic heterocycles. The van der Waals surface area contributed by atoms with Crippen LogP contribution in [0.5, 0.6) is 0 Å². The maximum atomic E-state index is 13.2. The first-order valence-corrected chi connectivity index (χ1v) is 6.54. The van der Waals surface area contributed by atoms with E-state index in [1.54, 1.807) is 0 Å². The molecule has 2 rings (SSSR count). The first kappa shape index (κ1) is 12.6. The number of aliphatic hydroxyl groups is 1. The van der Waals surface area contributed by atoms with Gasteiger partial charge in [-0.2, -0.15) is 0 Å². The van der Waals surface area contributed by atoms with Gasteiger partial charge in [0.05, 0.1) is 6.10 Å². The van der Waals surface area contributed by atoms with Crippen molar-refractivity contribution in [1.29, 1.82) is 0 Å². The second kappa shape index (κ2) is 5.18. The zero-order valence-electron chi connectivity index (χ0n) is 10.7. The van der Waals surface area contributed by atoms with E-state index in [0.717, 1.165) is 29.5 Å². The van der Waals surface area contributed by atoms with Crippen LogP contribution in [0.3, 0.4) is 0 Å². The molecule has 1 nitrogen and oxygen atoms in total. The number of hydrogen-bond donors (Lipinski definition) is 1. The molecule has 0 amide bonds.